The van der Waals surface area contributed by atoms with Crippen LogP contribution in [0.3, 0.4) is 0 Å². The molecule has 1 unspecified atom stereocenters. The van der Waals surface area contributed by atoms with E-state index in [1.165, 1.54) is 19.3 Å². The third-order valence-electron chi connectivity index (χ3n) is 3.39. The van der Waals surface area contributed by atoms with E-state index in [4.69, 9.17) is 9.47 Å². The smallest absolute Gasteiger partial charge is 0.306 e. The molecule has 4 nitrogen and oxygen atoms in total. The Bertz CT molecular complexity index is 299. The number of carbonyl (C=O) groups excluding carboxylic acids is 2. The molecule has 0 aliphatic heterocycles. The third-order valence-corrected chi connectivity index (χ3v) is 3.39. The van der Waals surface area contributed by atoms with Crippen molar-refractivity contribution in [1.29, 1.82) is 0 Å². The molecule has 130 valence electrons. The minimum Gasteiger partial charge on any atom is -0.465 e. The molecule has 0 aromatic rings. The van der Waals surface area contributed by atoms with Gasteiger partial charge >= 0.3 is 11.9 Å². The molecule has 0 aromatic carbocycles. The highest BCUT2D eigenvalue weighted by Gasteiger charge is 2.10. The summed E-state index contributed by atoms with van der Waals surface area (Å²) in [7, 11) is 0. The van der Waals surface area contributed by atoms with Crippen molar-refractivity contribution in [2.24, 2.45) is 5.92 Å². The average molecular weight is 314 g/mol. The van der Waals surface area contributed by atoms with Crippen LogP contribution >= 0.6 is 0 Å². The van der Waals surface area contributed by atoms with Crippen molar-refractivity contribution >= 4 is 11.9 Å². The summed E-state index contributed by atoms with van der Waals surface area (Å²) in [6.07, 6.45) is 7.84. The molecule has 1 atom stereocenters. The molecule has 0 aromatic heterocycles. The predicted molar refractivity (Wildman–Crippen MR) is 88.6 cm³/mol. The Morgan fingerprint density at radius 3 is 2.09 bits per heavy atom. The molecule has 0 aliphatic rings. The van der Waals surface area contributed by atoms with Gasteiger partial charge in [-0.1, -0.05) is 40.0 Å². The maximum absolute atomic E-state index is 11.7. The zero-order valence-corrected chi connectivity index (χ0v) is 14.9. The highest BCUT2D eigenvalue weighted by atomic mass is 16.5. The van der Waals surface area contributed by atoms with Gasteiger partial charge < -0.3 is 9.47 Å². The van der Waals surface area contributed by atoms with E-state index < -0.39 is 0 Å². The van der Waals surface area contributed by atoms with Crippen LogP contribution in [-0.2, 0) is 19.1 Å². The van der Waals surface area contributed by atoms with Gasteiger partial charge in [-0.05, 0) is 38.5 Å². The number of ether oxygens (including phenoxy) is 2. The van der Waals surface area contributed by atoms with Gasteiger partial charge in [0.25, 0.3) is 0 Å². The molecule has 22 heavy (non-hydrogen) atoms. The Morgan fingerprint density at radius 2 is 1.50 bits per heavy atom. The van der Waals surface area contributed by atoms with E-state index in [0.717, 1.165) is 12.8 Å². The zero-order valence-electron chi connectivity index (χ0n) is 14.9. The number of esters is 2. The lowest BCUT2D eigenvalue weighted by Gasteiger charge is -2.13. The van der Waals surface area contributed by atoms with Crippen molar-refractivity contribution in [3.8, 4) is 0 Å². The predicted octanol–water partition coefficient (Wildman–Crippen LogP) is 4.65. The van der Waals surface area contributed by atoms with Crippen LogP contribution < -0.4 is 0 Å². The molecule has 0 fully saturated rings. The second-order valence-electron chi connectivity index (χ2n) is 6.43. The Kier molecular flexibility index (Phi) is 12.9. The summed E-state index contributed by atoms with van der Waals surface area (Å²) in [5.74, 6) is 0.0302. The molecule has 0 rings (SSSR count). The van der Waals surface area contributed by atoms with E-state index in [1.54, 1.807) is 0 Å². The first-order valence-corrected chi connectivity index (χ1v) is 8.80. The fourth-order valence-corrected chi connectivity index (χ4v) is 2.07. The Hall–Kier alpha value is -1.06. The highest BCUT2D eigenvalue weighted by Crippen LogP contribution is 2.10. The van der Waals surface area contributed by atoms with Gasteiger partial charge in [-0.3, -0.25) is 9.59 Å². The first kappa shape index (κ1) is 20.9. The summed E-state index contributed by atoms with van der Waals surface area (Å²) in [6.45, 7) is 8.62. The van der Waals surface area contributed by atoms with E-state index in [0.29, 0.717) is 38.2 Å². The Morgan fingerprint density at radius 1 is 0.864 bits per heavy atom. The molecule has 0 heterocycles. The molecule has 0 saturated heterocycles. The topological polar surface area (TPSA) is 52.6 Å². The summed E-state index contributed by atoms with van der Waals surface area (Å²) in [5.41, 5.74) is 0. The third kappa shape index (κ3) is 13.9. The number of hydrogen-bond donors (Lipinski definition) is 0. The molecular formula is C18H34O4. The first-order valence-electron chi connectivity index (χ1n) is 8.80. The molecule has 4 heteroatoms. The second-order valence-corrected chi connectivity index (χ2v) is 6.43. The van der Waals surface area contributed by atoms with Crippen LogP contribution in [0.15, 0.2) is 0 Å². The molecule has 0 bridgehead atoms. The van der Waals surface area contributed by atoms with Gasteiger partial charge in [0.2, 0.25) is 0 Å². The minimum absolute atomic E-state index is 0.000336. The van der Waals surface area contributed by atoms with Crippen molar-refractivity contribution in [3.05, 3.63) is 0 Å². The van der Waals surface area contributed by atoms with Gasteiger partial charge in [0.05, 0.1) is 12.7 Å². The van der Waals surface area contributed by atoms with Gasteiger partial charge in [-0.2, -0.15) is 0 Å². The fraction of sp³-hybridized carbons (Fsp3) is 0.889. The maximum atomic E-state index is 11.7. The van der Waals surface area contributed by atoms with Crippen molar-refractivity contribution < 1.29 is 19.1 Å². The molecule has 0 N–H and O–H groups in total. The van der Waals surface area contributed by atoms with Crippen molar-refractivity contribution in [2.75, 3.05) is 6.61 Å². The Labute approximate surface area is 135 Å². The maximum Gasteiger partial charge on any atom is 0.306 e. The van der Waals surface area contributed by atoms with Gasteiger partial charge in [-0.25, -0.2) is 0 Å². The molecule has 0 radical (unpaired) electrons. The van der Waals surface area contributed by atoms with Gasteiger partial charge in [0.15, 0.2) is 0 Å². The van der Waals surface area contributed by atoms with Crippen LogP contribution in [0.25, 0.3) is 0 Å². The van der Waals surface area contributed by atoms with Crippen LogP contribution in [0.5, 0.6) is 0 Å². The standard InChI is InChI=1S/C18H34O4/c1-5-6-7-8-11-16(4)22-18(20)13-10-9-12-17(19)21-14-15(2)3/h15-16H,5-14H2,1-4H3. The monoisotopic (exact) mass is 314 g/mol. The van der Waals surface area contributed by atoms with Crippen LogP contribution in [0.2, 0.25) is 0 Å². The Balaban J connectivity index is 3.54. The second kappa shape index (κ2) is 13.6. The summed E-state index contributed by atoms with van der Waals surface area (Å²) in [6, 6.07) is 0. The van der Waals surface area contributed by atoms with E-state index in [9.17, 15) is 9.59 Å². The number of rotatable bonds is 13. The largest absolute Gasteiger partial charge is 0.465 e. The fourth-order valence-electron chi connectivity index (χ4n) is 2.07. The van der Waals surface area contributed by atoms with E-state index in [-0.39, 0.29) is 18.0 Å². The molecular weight excluding hydrogens is 280 g/mol. The van der Waals surface area contributed by atoms with E-state index >= 15 is 0 Å². The normalized spacial score (nSPS) is 12.2. The number of carbonyl (C=O) groups is 2. The van der Waals surface area contributed by atoms with Gasteiger partial charge in [0, 0.05) is 12.8 Å². The lowest BCUT2D eigenvalue weighted by molar-refractivity contribution is -0.149. The lowest BCUT2D eigenvalue weighted by Crippen LogP contribution is -2.15. The van der Waals surface area contributed by atoms with Gasteiger partial charge in [-0.15, -0.1) is 0 Å². The quantitative estimate of drug-likeness (QED) is 0.367. The van der Waals surface area contributed by atoms with Crippen molar-refractivity contribution in [2.45, 2.75) is 91.6 Å². The first-order chi connectivity index (χ1) is 10.5. The summed E-state index contributed by atoms with van der Waals surface area (Å²) >= 11 is 0. The van der Waals surface area contributed by atoms with Crippen LogP contribution in [0, 0.1) is 5.92 Å². The number of unbranched alkanes of at least 4 members (excludes halogenated alkanes) is 4. The molecule has 0 saturated carbocycles. The SMILES string of the molecule is CCCCCCC(C)OC(=O)CCCCC(=O)OCC(C)C. The molecule has 0 amide bonds. The van der Waals surface area contributed by atoms with Crippen molar-refractivity contribution in [3.63, 3.8) is 0 Å². The summed E-state index contributed by atoms with van der Waals surface area (Å²) in [4.78, 5) is 23.1. The zero-order chi connectivity index (χ0) is 16.8. The van der Waals surface area contributed by atoms with Gasteiger partial charge in [0.1, 0.15) is 0 Å². The summed E-state index contributed by atoms with van der Waals surface area (Å²) in [5, 5.41) is 0. The van der Waals surface area contributed by atoms with Crippen LogP contribution in [-0.4, -0.2) is 24.6 Å². The number of hydrogen-bond acceptors (Lipinski definition) is 4. The molecule has 0 spiro atoms. The average Bonchev–Trinajstić information content (AvgIpc) is 2.46. The molecule has 0 aliphatic carbocycles. The van der Waals surface area contributed by atoms with E-state index in [1.807, 2.05) is 20.8 Å². The lowest BCUT2D eigenvalue weighted by atomic mass is 10.1. The summed E-state index contributed by atoms with van der Waals surface area (Å²) < 4.78 is 10.4. The van der Waals surface area contributed by atoms with Crippen molar-refractivity contribution in [1.82, 2.24) is 0 Å². The minimum atomic E-state index is -0.175. The highest BCUT2D eigenvalue weighted by molar-refractivity contribution is 5.70. The van der Waals surface area contributed by atoms with E-state index in [2.05, 4.69) is 6.92 Å². The van der Waals surface area contributed by atoms with Crippen LogP contribution in [0.4, 0.5) is 0 Å². The van der Waals surface area contributed by atoms with Crippen LogP contribution in [0.1, 0.15) is 85.5 Å².